The van der Waals surface area contributed by atoms with E-state index in [9.17, 15) is 4.79 Å². The Balaban J connectivity index is 2.59. The number of thiocarbonyl (C=S) groups is 1. The molecule has 0 saturated heterocycles. The zero-order valence-corrected chi connectivity index (χ0v) is 11.7. The lowest BCUT2D eigenvalue weighted by atomic mass is 10.0. The number of pyridine rings is 1. The first kappa shape index (κ1) is 13.2. The van der Waals surface area contributed by atoms with Crippen molar-refractivity contribution in [1.82, 2.24) is 9.47 Å². The summed E-state index contributed by atoms with van der Waals surface area (Å²) in [5.74, 6) is 0. The maximum Gasteiger partial charge on any atom is 0.261 e. The van der Waals surface area contributed by atoms with Crippen molar-refractivity contribution in [2.75, 3.05) is 13.1 Å². The quantitative estimate of drug-likeness (QED) is 0.824. The molecular formula is C13H19N3OS. The highest BCUT2D eigenvalue weighted by molar-refractivity contribution is 7.80. The van der Waals surface area contributed by atoms with Gasteiger partial charge in [0.2, 0.25) is 0 Å². The lowest BCUT2D eigenvalue weighted by Gasteiger charge is -2.29. The van der Waals surface area contributed by atoms with E-state index in [1.54, 1.807) is 0 Å². The largest absolute Gasteiger partial charge is 0.389 e. The van der Waals surface area contributed by atoms with Gasteiger partial charge < -0.3 is 10.3 Å². The monoisotopic (exact) mass is 265 g/mol. The van der Waals surface area contributed by atoms with Gasteiger partial charge in [0, 0.05) is 31.7 Å². The summed E-state index contributed by atoms with van der Waals surface area (Å²) >= 11 is 4.97. The summed E-state index contributed by atoms with van der Waals surface area (Å²) in [5.41, 5.74) is 8.40. The molecule has 2 heterocycles. The number of likely N-dealkylation sites (N-methyl/N-ethyl adjacent to an activating group) is 1. The Kier molecular flexibility index (Phi) is 3.82. The molecule has 0 unspecified atom stereocenters. The molecule has 1 aromatic rings. The number of nitrogens with two attached hydrogens (primary N) is 1. The highest BCUT2D eigenvalue weighted by Gasteiger charge is 2.21. The minimum absolute atomic E-state index is 0.0475. The van der Waals surface area contributed by atoms with Gasteiger partial charge in [-0.2, -0.15) is 0 Å². The van der Waals surface area contributed by atoms with Gasteiger partial charge in [-0.1, -0.05) is 19.1 Å². The van der Waals surface area contributed by atoms with Gasteiger partial charge in [0.05, 0.1) is 5.56 Å². The van der Waals surface area contributed by atoms with Crippen molar-refractivity contribution < 1.29 is 0 Å². The van der Waals surface area contributed by atoms with Crippen LogP contribution in [-0.2, 0) is 19.5 Å². The Hall–Kier alpha value is -1.20. The maximum atomic E-state index is 12.2. The fourth-order valence-corrected chi connectivity index (χ4v) is 2.70. The molecule has 1 aliphatic rings. The number of nitrogens with zero attached hydrogens (tertiary/aromatic N) is 2. The van der Waals surface area contributed by atoms with E-state index in [-0.39, 0.29) is 10.5 Å². The summed E-state index contributed by atoms with van der Waals surface area (Å²) < 4.78 is 1.82. The van der Waals surface area contributed by atoms with Crippen molar-refractivity contribution in [3.63, 3.8) is 0 Å². The normalized spacial score (nSPS) is 15.4. The third kappa shape index (κ3) is 2.20. The van der Waals surface area contributed by atoms with E-state index < -0.39 is 0 Å². The van der Waals surface area contributed by atoms with Crippen LogP contribution < -0.4 is 11.3 Å². The van der Waals surface area contributed by atoms with E-state index >= 15 is 0 Å². The second kappa shape index (κ2) is 5.20. The Labute approximate surface area is 112 Å². The van der Waals surface area contributed by atoms with Crippen LogP contribution in [0.25, 0.3) is 0 Å². The highest BCUT2D eigenvalue weighted by atomic mass is 32.1. The smallest absolute Gasteiger partial charge is 0.261 e. The molecule has 0 saturated carbocycles. The van der Waals surface area contributed by atoms with Crippen LogP contribution >= 0.6 is 12.2 Å². The number of hydrogen-bond donors (Lipinski definition) is 1. The molecule has 0 bridgehead atoms. The summed E-state index contributed by atoms with van der Waals surface area (Å²) in [6.45, 7) is 7.71. The summed E-state index contributed by atoms with van der Waals surface area (Å²) in [5, 5.41) is 0. The topological polar surface area (TPSA) is 51.3 Å². The fourth-order valence-electron chi connectivity index (χ4n) is 2.56. The zero-order chi connectivity index (χ0) is 13.3. The SMILES string of the molecule is CCN1CCc2c(cc(C(N)=S)c(=O)n2CC)C1. The van der Waals surface area contributed by atoms with Crippen molar-refractivity contribution in [3.05, 3.63) is 33.2 Å². The molecule has 0 fully saturated rings. The van der Waals surface area contributed by atoms with Gasteiger partial charge in [0.25, 0.3) is 5.56 Å². The molecule has 4 nitrogen and oxygen atoms in total. The third-order valence-electron chi connectivity index (χ3n) is 3.58. The molecule has 0 amide bonds. The number of hydrogen-bond acceptors (Lipinski definition) is 3. The number of rotatable bonds is 3. The molecule has 5 heteroatoms. The molecule has 2 rings (SSSR count). The van der Waals surface area contributed by atoms with Crippen molar-refractivity contribution in [3.8, 4) is 0 Å². The summed E-state index contributed by atoms with van der Waals surface area (Å²) in [6, 6.07) is 1.88. The molecule has 98 valence electrons. The molecule has 18 heavy (non-hydrogen) atoms. The minimum atomic E-state index is -0.0475. The number of aromatic nitrogens is 1. The maximum absolute atomic E-state index is 12.2. The molecule has 1 aliphatic heterocycles. The molecule has 0 aromatic carbocycles. The van der Waals surface area contributed by atoms with Crippen molar-refractivity contribution in [1.29, 1.82) is 0 Å². The Morgan fingerprint density at radius 3 is 2.72 bits per heavy atom. The third-order valence-corrected chi connectivity index (χ3v) is 3.80. The lowest BCUT2D eigenvalue weighted by molar-refractivity contribution is 0.262. The van der Waals surface area contributed by atoms with Gasteiger partial charge in [0.1, 0.15) is 4.99 Å². The van der Waals surface area contributed by atoms with Crippen LogP contribution in [0.5, 0.6) is 0 Å². The van der Waals surface area contributed by atoms with E-state index in [0.29, 0.717) is 12.1 Å². The van der Waals surface area contributed by atoms with Gasteiger partial charge in [0.15, 0.2) is 0 Å². The predicted octanol–water partition coefficient (Wildman–Crippen LogP) is 0.880. The molecule has 2 N–H and O–H groups in total. The average Bonchev–Trinajstić information content (AvgIpc) is 2.37. The Morgan fingerprint density at radius 1 is 1.44 bits per heavy atom. The number of fused-ring (bicyclic) bond motifs is 1. The van der Waals surface area contributed by atoms with Crippen LogP contribution in [0, 0.1) is 0 Å². The van der Waals surface area contributed by atoms with Crippen molar-refractivity contribution >= 4 is 17.2 Å². The first-order valence-corrected chi connectivity index (χ1v) is 6.77. The van der Waals surface area contributed by atoms with E-state index in [0.717, 1.165) is 31.7 Å². The molecule has 1 aromatic heterocycles. The van der Waals surface area contributed by atoms with E-state index in [1.807, 2.05) is 17.6 Å². The molecule has 0 spiro atoms. The van der Waals surface area contributed by atoms with Crippen LogP contribution in [0.15, 0.2) is 10.9 Å². The van der Waals surface area contributed by atoms with Gasteiger partial charge in [-0.25, -0.2) is 0 Å². The molecule has 0 atom stereocenters. The zero-order valence-electron chi connectivity index (χ0n) is 10.9. The van der Waals surface area contributed by atoms with Gasteiger partial charge in [-0.3, -0.25) is 9.69 Å². The molecule has 0 radical (unpaired) electrons. The predicted molar refractivity (Wildman–Crippen MR) is 76.9 cm³/mol. The summed E-state index contributed by atoms with van der Waals surface area (Å²) in [4.78, 5) is 14.8. The minimum Gasteiger partial charge on any atom is -0.389 e. The summed E-state index contributed by atoms with van der Waals surface area (Å²) in [7, 11) is 0. The summed E-state index contributed by atoms with van der Waals surface area (Å²) in [6.07, 6.45) is 0.921. The standard InChI is InChI=1S/C13H19N3OS/c1-3-15-6-5-11-9(8-15)7-10(12(14)18)13(17)16(11)4-2/h7H,3-6,8H2,1-2H3,(H2,14,18). The average molecular weight is 265 g/mol. The lowest BCUT2D eigenvalue weighted by Crippen LogP contribution is -2.38. The van der Waals surface area contributed by atoms with Gasteiger partial charge in [-0.05, 0) is 25.1 Å². The second-order valence-electron chi connectivity index (χ2n) is 4.56. The van der Waals surface area contributed by atoms with Gasteiger partial charge in [-0.15, -0.1) is 0 Å². The molecular weight excluding hydrogens is 246 g/mol. The Bertz CT molecular complexity index is 536. The second-order valence-corrected chi connectivity index (χ2v) is 5.00. The fraction of sp³-hybridized carbons (Fsp3) is 0.538. The van der Waals surface area contributed by atoms with Crippen LogP contribution in [0.4, 0.5) is 0 Å². The Morgan fingerprint density at radius 2 is 2.17 bits per heavy atom. The first-order valence-electron chi connectivity index (χ1n) is 6.36. The van der Waals surface area contributed by atoms with Crippen LogP contribution in [-0.4, -0.2) is 27.5 Å². The van der Waals surface area contributed by atoms with Crippen LogP contribution in [0.3, 0.4) is 0 Å². The molecule has 0 aliphatic carbocycles. The van der Waals surface area contributed by atoms with Crippen molar-refractivity contribution in [2.24, 2.45) is 5.73 Å². The first-order chi connectivity index (χ1) is 8.58. The van der Waals surface area contributed by atoms with Crippen LogP contribution in [0.1, 0.15) is 30.7 Å². The van der Waals surface area contributed by atoms with Gasteiger partial charge >= 0.3 is 0 Å². The van der Waals surface area contributed by atoms with Crippen LogP contribution in [0.2, 0.25) is 0 Å². The van der Waals surface area contributed by atoms with E-state index in [2.05, 4.69) is 11.8 Å². The van der Waals surface area contributed by atoms with Crippen molar-refractivity contribution in [2.45, 2.75) is 33.4 Å². The van der Waals surface area contributed by atoms with E-state index in [1.165, 1.54) is 5.56 Å². The highest BCUT2D eigenvalue weighted by Crippen LogP contribution is 2.18. The van der Waals surface area contributed by atoms with E-state index in [4.69, 9.17) is 18.0 Å².